The van der Waals surface area contributed by atoms with Gasteiger partial charge in [-0.05, 0) is 24.8 Å². The number of methoxy groups -OCH3 is 1. The maximum atomic E-state index is 5.74. The molecule has 2 rings (SSSR count). The van der Waals surface area contributed by atoms with Crippen LogP contribution in [0.15, 0.2) is 12.3 Å². The summed E-state index contributed by atoms with van der Waals surface area (Å²) in [6, 6.07) is 2.00. The molecule has 1 fully saturated rings. The molecule has 5 heteroatoms. The highest BCUT2D eigenvalue weighted by Gasteiger charge is 2.32. The number of hydrogen-bond donors (Lipinski definition) is 2. The number of nitrogens with two attached hydrogens (primary N) is 1. The number of hydrogen-bond acceptors (Lipinski definition) is 4. The quantitative estimate of drug-likeness (QED) is 0.616. The minimum atomic E-state index is 0.00519. The van der Waals surface area contributed by atoms with Crippen molar-refractivity contribution in [2.45, 2.75) is 44.2 Å². The minimum Gasteiger partial charge on any atom is -0.379 e. The van der Waals surface area contributed by atoms with Gasteiger partial charge in [0.05, 0.1) is 17.8 Å². The smallest absolute Gasteiger partial charge is 0.0892 e. The highest BCUT2D eigenvalue weighted by molar-refractivity contribution is 5.09. The zero-order chi connectivity index (χ0) is 13.0. The van der Waals surface area contributed by atoms with Gasteiger partial charge in [0.1, 0.15) is 0 Å². The normalized spacial score (nSPS) is 20.8. The first-order valence-electron chi connectivity index (χ1n) is 6.74. The topological polar surface area (TPSA) is 65.1 Å². The van der Waals surface area contributed by atoms with Crippen molar-refractivity contribution >= 4 is 0 Å². The summed E-state index contributed by atoms with van der Waals surface area (Å²) in [7, 11) is 3.72. The molecule has 0 radical (unpaired) electrons. The van der Waals surface area contributed by atoms with Crippen LogP contribution in [0.5, 0.6) is 0 Å². The molecule has 18 heavy (non-hydrogen) atoms. The second-order valence-electron chi connectivity index (χ2n) is 5.12. The first kappa shape index (κ1) is 13.5. The third kappa shape index (κ3) is 2.74. The third-order valence-corrected chi connectivity index (χ3v) is 4.07. The lowest BCUT2D eigenvalue weighted by molar-refractivity contribution is 0.00554. The van der Waals surface area contributed by atoms with Crippen molar-refractivity contribution in [3.8, 4) is 0 Å². The number of hydrazine groups is 1. The summed E-state index contributed by atoms with van der Waals surface area (Å²) < 4.78 is 7.60. The molecule has 0 aliphatic heterocycles. The van der Waals surface area contributed by atoms with Gasteiger partial charge >= 0.3 is 0 Å². The molecule has 1 heterocycles. The molecule has 102 valence electrons. The Hall–Kier alpha value is -0.910. The second kappa shape index (κ2) is 6.31. The maximum Gasteiger partial charge on any atom is 0.0892 e. The Morgan fingerprint density at radius 3 is 2.67 bits per heavy atom. The van der Waals surface area contributed by atoms with Gasteiger partial charge in [-0.2, -0.15) is 5.10 Å². The van der Waals surface area contributed by atoms with Crippen molar-refractivity contribution in [2.75, 3.05) is 7.11 Å². The fourth-order valence-corrected chi connectivity index (χ4v) is 3.10. The lowest BCUT2D eigenvalue weighted by Crippen LogP contribution is -2.43. The maximum absolute atomic E-state index is 5.74. The Labute approximate surface area is 109 Å². The number of aryl methyl sites for hydroxylation is 1. The van der Waals surface area contributed by atoms with Crippen molar-refractivity contribution in [3.05, 3.63) is 18.0 Å². The Bertz CT molecular complexity index is 360. The average Bonchev–Trinajstić information content (AvgIpc) is 2.83. The van der Waals surface area contributed by atoms with E-state index in [9.17, 15) is 0 Å². The summed E-state index contributed by atoms with van der Waals surface area (Å²) in [5, 5.41) is 4.21. The SMILES string of the molecule is COC(C1CCCCC1)C(NN)c1ccnn1C. The predicted octanol–water partition coefficient (Wildman–Crippen LogP) is 1.52. The average molecular weight is 252 g/mol. The summed E-state index contributed by atoms with van der Waals surface area (Å²) in [6.45, 7) is 0. The van der Waals surface area contributed by atoms with Gasteiger partial charge in [-0.15, -0.1) is 0 Å². The monoisotopic (exact) mass is 252 g/mol. The second-order valence-corrected chi connectivity index (χ2v) is 5.12. The lowest BCUT2D eigenvalue weighted by Gasteiger charge is -2.34. The standard InChI is InChI=1S/C13H24N4O/c1-17-11(8-9-15-17)12(16-14)13(18-2)10-6-4-3-5-7-10/h8-10,12-13,16H,3-7,14H2,1-2H3. The van der Waals surface area contributed by atoms with Crippen LogP contribution < -0.4 is 11.3 Å². The van der Waals surface area contributed by atoms with Gasteiger partial charge in [-0.1, -0.05) is 19.3 Å². The number of rotatable bonds is 5. The Kier molecular flexibility index (Phi) is 4.74. The fourth-order valence-electron chi connectivity index (χ4n) is 3.10. The van der Waals surface area contributed by atoms with Crippen LogP contribution in [0.2, 0.25) is 0 Å². The van der Waals surface area contributed by atoms with E-state index >= 15 is 0 Å². The number of ether oxygens (including phenoxy) is 1. The van der Waals surface area contributed by atoms with Crippen molar-refractivity contribution < 1.29 is 4.74 Å². The van der Waals surface area contributed by atoms with Crippen LogP contribution >= 0.6 is 0 Å². The van der Waals surface area contributed by atoms with Crippen molar-refractivity contribution in [3.63, 3.8) is 0 Å². The molecule has 1 saturated carbocycles. The molecule has 0 bridgehead atoms. The van der Waals surface area contributed by atoms with Gasteiger partial charge < -0.3 is 4.74 Å². The molecule has 2 atom stereocenters. The third-order valence-electron chi connectivity index (χ3n) is 4.07. The molecule has 1 aromatic heterocycles. The van der Waals surface area contributed by atoms with E-state index in [1.807, 2.05) is 17.8 Å². The van der Waals surface area contributed by atoms with Crippen LogP contribution in [0.3, 0.4) is 0 Å². The Morgan fingerprint density at radius 2 is 2.17 bits per heavy atom. The number of nitrogens with zero attached hydrogens (tertiary/aromatic N) is 2. The van der Waals surface area contributed by atoms with Gasteiger partial charge in [0, 0.05) is 20.4 Å². The van der Waals surface area contributed by atoms with Gasteiger partial charge in [0.2, 0.25) is 0 Å². The van der Waals surface area contributed by atoms with E-state index in [1.54, 1.807) is 13.3 Å². The Balaban J connectivity index is 2.15. The number of aromatic nitrogens is 2. The van der Waals surface area contributed by atoms with Crippen LogP contribution in [0.25, 0.3) is 0 Å². The highest BCUT2D eigenvalue weighted by atomic mass is 16.5. The van der Waals surface area contributed by atoms with Crippen LogP contribution in [-0.4, -0.2) is 23.0 Å². The van der Waals surface area contributed by atoms with E-state index in [0.29, 0.717) is 5.92 Å². The van der Waals surface area contributed by atoms with E-state index in [0.717, 1.165) is 5.69 Å². The summed E-state index contributed by atoms with van der Waals surface area (Å²) in [4.78, 5) is 0. The van der Waals surface area contributed by atoms with Crippen LogP contribution in [0, 0.1) is 5.92 Å². The van der Waals surface area contributed by atoms with Crippen LogP contribution in [-0.2, 0) is 11.8 Å². The largest absolute Gasteiger partial charge is 0.379 e. The fraction of sp³-hybridized carbons (Fsp3) is 0.769. The summed E-state index contributed by atoms with van der Waals surface area (Å²) in [5.41, 5.74) is 3.99. The highest BCUT2D eigenvalue weighted by Crippen LogP contribution is 2.33. The summed E-state index contributed by atoms with van der Waals surface area (Å²) >= 11 is 0. The molecule has 5 nitrogen and oxygen atoms in total. The molecule has 3 N–H and O–H groups in total. The van der Waals surface area contributed by atoms with E-state index in [1.165, 1.54) is 32.1 Å². The van der Waals surface area contributed by atoms with Crippen molar-refractivity contribution in [1.82, 2.24) is 15.2 Å². The number of nitrogens with one attached hydrogen (secondary N) is 1. The van der Waals surface area contributed by atoms with Crippen LogP contribution in [0.4, 0.5) is 0 Å². The van der Waals surface area contributed by atoms with Gasteiger partial charge in [0.15, 0.2) is 0 Å². The molecule has 0 amide bonds. The minimum absolute atomic E-state index is 0.00519. The van der Waals surface area contributed by atoms with Gasteiger partial charge in [0.25, 0.3) is 0 Å². The zero-order valence-corrected chi connectivity index (χ0v) is 11.3. The predicted molar refractivity (Wildman–Crippen MR) is 70.6 cm³/mol. The summed E-state index contributed by atoms with van der Waals surface area (Å²) in [5.74, 6) is 6.33. The first-order chi connectivity index (χ1) is 8.77. The van der Waals surface area contributed by atoms with Crippen LogP contribution in [0.1, 0.15) is 43.8 Å². The molecule has 2 unspecified atom stereocenters. The zero-order valence-electron chi connectivity index (χ0n) is 11.3. The van der Waals surface area contributed by atoms with Crippen molar-refractivity contribution in [1.29, 1.82) is 0 Å². The van der Waals surface area contributed by atoms with Crippen molar-refractivity contribution in [2.24, 2.45) is 18.8 Å². The van der Waals surface area contributed by atoms with E-state index in [-0.39, 0.29) is 12.1 Å². The molecular weight excluding hydrogens is 228 g/mol. The molecular formula is C13H24N4O. The molecule has 1 aromatic rings. The first-order valence-corrected chi connectivity index (χ1v) is 6.74. The molecule has 0 spiro atoms. The van der Waals surface area contributed by atoms with Gasteiger partial charge in [-0.25, -0.2) is 5.43 Å². The van der Waals surface area contributed by atoms with E-state index < -0.39 is 0 Å². The molecule has 0 saturated heterocycles. The van der Waals surface area contributed by atoms with E-state index in [4.69, 9.17) is 10.6 Å². The lowest BCUT2D eigenvalue weighted by atomic mass is 9.82. The molecule has 1 aliphatic rings. The van der Waals surface area contributed by atoms with Gasteiger partial charge in [-0.3, -0.25) is 10.5 Å². The molecule has 0 aromatic carbocycles. The summed E-state index contributed by atoms with van der Waals surface area (Å²) in [6.07, 6.45) is 8.32. The Morgan fingerprint density at radius 1 is 1.44 bits per heavy atom. The molecule has 1 aliphatic carbocycles. The van der Waals surface area contributed by atoms with E-state index in [2.05, 4.69) is 10.5 Å².